The Bertz CT molecular complexity index is 923. The van der Waals surface area contributed by atoms with Gasteiger partial charge in [-0.25, -0.2) is 13.4 Å². The first kappa shape index (κ1) is 18.8. The molecule has 0 saturated carbocycles. The number of fused-ring (bicyclic) bond motifs is 1. The molecule has 4 rings (SSSR count). The number of hydrogen-bond acceptors (Lipinski definition) is 6. The molecular formula is C19H25N3O3S2. The van der Waals surface area contributed by atoms with Crippen molar-refractivity contribution >= 4 is 37.3 Å². The van der Waals surface area contributed by atoms with Gasteiger partial charge in [0.2, 0.25) is 5.91 Å². The molecule has 2 aliphatic heterocycles. The van der Waals surface area contributed by atoms with Gasteiger partial charge in [0.25, 0.3) is 0 Å². The molecule has 3 heterocycles. The van der Waals surface area contributed by atoms with Crippen LogP contribution in [-0.4, -0.2) is 60.9 Å². The molecule has 1 aromatic heterocycles. The van der Waals surface area contributed by atoms with E-state index < -0.39 is 15.4 Å². The summed E-state index contributed by atoms with van der Waals surface area (Å²) in [7, 11) is -3.03. The minimum Gasteiger partial charge on any atom is -0.349 e. The summed E-state index contributed by atoms with van der Waals surface area (Å²) < 4.78 is 24.7. The van der Waals surface area contributed by atoms with Crippen LogP contribution in [0.25, 0.3) is 10.2 Å². The van der Waals surface area contributed by atoms with E-state index in [0.29, 0.717) is 18.9 Å². The Labute approximate surface area is 163 Å². The third kappa shape index (κ3) is 4.33. The Hall–Kier alpha value is -1.51. The topological polar surface area (TPSA) is 79.4 Å². The molecule has 2 atom stereocenters. The summed E-state index contributed by atoms with van der Waals surface area (Å²) >= 11 is 1.74. The van der Waals surface area contributed by atoms with Crippen LogP contribution in [0.5, 0.6) is 0 Å². The predicted octanol–water partition coefficient (Wildman–Crippen LogP) is 2.17. The third-order valence-corrected chi connectivity index (χ3v) is 8.58. The van der Waals surface area contributed by atoms with Crippen LogP contribution in [0.2, 0.25) is 0 Å². The van der Waals surface area contributed by atoms with Gasteiger partial charge in [0.15, 0.2) is 9.84 Å². The molecule has 1 aromatic carbocycles. The smallest absolute Gasteiger partial charge is 0.234 e. The van der Waals surface area contributed by atoms with E-state index in [9.17, 15) is 13.2 Å². The second-order valence-corrected chi connectivity index (χ2v) is 11.3. The van der Waals surface area contributed by atoms with E-state index in [1.165, 1.54) is 4.70 Å². The lowest BCUT2D eigenvalue weighted by molar-refractivity contribution is -0.124. The first-order chi connectivity index (χ1) is 12.8. The van der Waals surface area contributed by atoms with Gasteiger partial charge in [-0.3, -0.25) is 9.69 Å². The van der Waals surface area contributed by atoms with Crippen molar-refractivity contribution in [2.24, 2.45) is 0 Å². The maximum Gasteiger partial charge on any atom is 0.234 e. The number of para-hydroxylation sites is 1. The van der Waals surface area contributed by atoms with Crippen molar-refractivity contribution < 1.29 is 13.2 Å². The van der Waals surface area contributed by atoms with Crippen LogP contribution < -0.4 is 5.32 Å². The molecule has 2 aliphatic rings. The molecular weight excluding hydrogens is 382 g/mol. The Balaban J connectivity index is 1.37. The van der Waals surface area contributed by atoms with E-state index in [2.05, 4.69) is 16.3 Å². The van der Waals surface area contributed by atoms with Gasteiger partial charge < -0.3 is 5.32 Å². The van der Waals surface area contributed by atoms with E-state index in [1.54, 1.807) is 11.3 Å². The molecule has 1 N–H and O–H groups in total. The molecule has 2 saturated heterocycles. The van der Waals surface area contributed by atoms with Crippen LogP contribution in [0.1, 0.15) is 37.1 Å². The lowest BCUT2D eigenvalue weighted by Crippen LogP contribution is -2.51. The van der Waals surface area contributed by atoms with Crippen LogP contribution >= 0.6 is 11.3 Å². The maximum absolute atomic E-state index is 12.5. The van der Waals surface area contributed by atoms with Crippen molar-refractivity contribution in [3.63, 3.8) is 0 Å². The van der Waals surface area contributed by atoms with Crippen molar-refractivity contribution in [2.75, 3.05) is 31.1 Å². The minimum absolute atomic E-state index is 0.0417. The van der Waals surface area contributed by atoms with Crippen LogP contribution in [0.3, 0.4) is 0 Å². The highest BCUT2D eigenvalue weighted by molar-refractivity contribution is 7.91. The van der Waals surface area contributed by atoms with Crippen LogP contribution in [0.15, 0.2) is 24.3 Å². The summed E-state index contributed by atoms with van der Waals surface area (Å²) in [5.74, 6) is 0.471. The number of rotatable bonds is 4. The third-order valence-electron chi connectivity index (χ3n) is 5.48. The van der Waals surface area contributed by atoms with E-state index in [4.69, 9.17) is 4.98 Å². The molecule has 8 heteroatoms. The molecule has 0 radical (unpaired) electrons. The van der Waals surface area contributed by atoms with Gasteiger partial charge in [-0.15, -0.1) is 11.3 Å². The highest BCUT2D eigenvalue weighted by Gasteiger charge is 2.39. The number of carbonyl (C=O) groups excluding carboxylic acids is 1. The fourth-order valence-corrected chi connectivity index (χ4v) is 7.34. The first-order valence-corrected chi connectivity index (χ1v) is 12.0. The van der Waals surface area contributed by atoms with Crippen molar-refractivity contribution in [3.8, 4) is 0 Å². The Morgan fingerprint density at radius 2 is 2.22 bits per heavy atom. The molecule has 146 valence electrons. The fourth-order valence-electron chi connectivity index (χ4n) is 4.15. The van der Waals surface area contributed by atoms with E-state index in [0.717, 1.165) is 36.5 Å². The number of amides is 1. The molecule has 6 nitrogen and oxygen atoms in total. The molecule has 27 heavy (non-hydrogen) atoms. The Kier molecular flexibility index (Phi) is 4.98. The monoisotopic (exact) mass is 407 g/mol. The maximum atomic E-state index is 12.5. The largest absolute Gasteiger partial charge is 0.349 e. The zero-order chi connectivity index (χ0) is 19.1. The number of benzene rings is 1. The second-order valence-electron chi connectivity index (χ2n) is 8.04. The lowest BCUT2D eigenvalue weighted by atomic mass is 9.98. The van der Waals surface area contributed by atoms with Crippen molar-refractivity contribution in [1.82, 2.24) is 15.2 Å². The summed E-state index contributed by atoms with van der Waals surface area (Å²) in [4.78, 5) is 19.5. The van der Waals surface area contributed by atoms with Gasteiger partial charge >= 0.3 is 0 Å². The summed E-state index contributed by atoms with van der Waals surface area (Å²) in [5.41, 5.74) is 0.417. The number of nitrogens with zero attached hydrogens (tertiary/aromatic N) is 2. The standard InChI is InChI=1S/C19H25N3O3S2/c1-19(8-10-27(24,25)13-19)21-17(23)12-22-9-4-5-14(11-22)18-20-15-6-2-3-7-16(15)26-18/h2-3,6-7,14H,4-5,8-13H2,1H3,(H,21,23)/t14-,19+/m0/s1. The number of carbonyl (C=O) groups is 1. The van der Waals surface area contributed by atoms with Gasteiger partial charge in [-0.05, 0) is 44.9 Å². The predicted molar refractivity (Wildman–Crippen MR) is 108 cm³/mol. The zero-order valence-corrected chi connectivity index (χ0v) is 17.1. The summed E-state index contributed by atoms with van der Waals surface area (Å²) in [6.45, 7) is 3.86. The summed E-state index contributed by atoms with van der Waals surface area (Å²) in [5, 5.41) is 4.11. The van der Waals surface area contributed by atoms with Gasteiger partial charge in [-0.1, -0.05) is 12.1 Å². The molecule has 0 aliphatic carbocycles. The normalized spacial score (nSPS) is 28.4. The van der Waals surface area contributed by atoms with E-state index in [-0.39, 0.29) is 17.4 Å². The summed E-state index contributed by atoms with van der Waals surface area (Å²) in [6.07, 6.45) is 2.63. The van der Waals surface area contributed by atoms with Crippen molar-refractivity contribution in [2.45, 2.75) is 37.6 Å². The number of sulfone groups is 1. The SMILES string of the molecule is C[C@@]1(NC(=O)CN2CCC[C@H](c3nc4ccccc4s3)C2)CCS(=O)(=O)C1. The average molecular weight is 408 g/mol. The highest BCUT2D eigenvalue weighted by atomic mass is 32.2. The Morgan fingerprint density at radius 3 is 2.96 bits per heavy atom. The van der Waals surface area contributed by atoms with Gasteiger partial charge in [0, 0.05) is 12.5 Å². The number of hydrogen-bond donors (Lipinski definition) is 1. The van der Waals surface area contributed by atoms with Crippen LogP contribution in [-0.2, 0) is 14.6 Å². The molecule has 1 amide bonds. The number of aromatic nitrogens is 1. The first-order valence-electron chi connectivity index (χ1n) is 9.41. The van der Waals surface area contributed by atoms with Crippen LogP contribution in [0, 0.1) is 0 Å². The minimum atomic E-state index is -3.03. The molecule has 2 fully saturated rings. The highest BCUT2D eigenvalue weighted by Crippen LogP contribution is 2.33. The molecule has 0 unspecified atom stereocenters. The van der Waals surface area contributed by atoms with Crippen molar-refractivity contribution in [3.05, 3.63) is 29.3 Å². The number of likely N-dealkylation sites (tertiary alicyclic amines) is 1. The van der Waals surface area contributed by atoms with Crippen molar-refractivity contribution in [1.29, 1.82) is 0 Å². The fraction of sp³-hybridized carbons (Fsp3) is 0.579. The quantitative estimate of drug-likeness (QED) is 0.840. The molecule has 0 bridgehead atoms. The van der Waals surface area contributed by atoms with Gasteiger partial charge in [-0.2, -0.15) is 0 Å². The zero-order valence-electron chi connectivity index (χ0n) is 15.5. The average Bonchev–Trinajstić information content (AvgIpc) is 3.15. The van der Waals surface area contributed by atoms with Gasteiger partial charge in [0.05, 0.1) is 38.8 Å². The number of nitrogens with one attached hydrogen (secondary N) is 1. The summed E-state index contributed by atoms with van der Waals surface area (Å²) in [6, 6.07) is 8.18. The Morgan fingerprint density at radius 1 is 1.41 bits per heavy atom. The lowest BCUT2D eigenvalue weighted by Gasteiger charge is -2.32. The van der Waals surface area contributed by atoms with Crippen LogP contribution in [0.4, 0.5) is 0 Å². The molecule has 2 aromatic rings. The number of piperidine rings is 1. The van der Waals surface area contributed by atoms with E-state index in [1.807, 2.05) is 25.1 Å². The number of thiazole rings is 1. The molecule has 0 spiro atoms. The van der Waals surface area contributed by atoms with E-state index >= 15 is 0 Å². The van der Waals surface area contributed by atoms with Gasteiger partial charge in [0.1, 0.15) is 0 Å². The second kappa shape index (κ2) is 7.14.